The molecule has 0 aromatic heterocycles. The Kier molecular flexibility index (Phi) is 6.36. The highest BCUT2D eigenvalue weighted by atomic mass is 16.3. The number of aliphatic hydroxyl groups is 1. The van der Waals surface area contributed by atoms with E-state index >= 15 is 0 Å². The van der Waals surface area contributed by atoms with Gasteiger partial charge in [-0.25, -0.2) is 0 Å². The summed E-state index contributed by atoms with van der Waals surface area (Å²) in [5.74, 6) is 0.483. The largest absolute Gasteiger partial charge is 0.508 e. The Balaban J connectivity index is 2.44. The van der Waals surface area contributed by atoms with Crippen molar-refractivity contribution in [2.75, 3.05) is 13.2 Å². The maximum atomic E-state index is 11.8. The van der Waals surface area contributed by atoms with Gasteiger partial charge in [-0.05, 0) is 36.5 Å². The first-order valence-corrected chi connectivity index (χ1v) is 6.72. The van der Waals surface area contributed by atoms with E-state index in [1.807, 2.05) is 19.9 Å². The number of hydrogen-bond donors (Lipinski definition) is 3. The molecule has 0 fully saturated rings. The summed E-state index contributed by atoms with van der Waals surface area (Å²) in [7, 11) is 0. The van der Waals surface area contributed by atoms with Crippen LogP contribution < -0.4 is 5.32 Å². The first-order valence-electron chi connectivity index (χ1n) is 6.72. The van der Waals surface area contributed by atoms with Crippen molar-refractivity contribution in [3.05, 3.63) is 29.3 Å². The van der Waals surface area contributed by atoms with E-state index < -0.39 is 0 Å². The van der Waals surface area contributed by atoms with Crippen molar-refractivity contribution in [3.63, 3.8) is 0 Å². The van der Waals surface area contributed by atoms with Crippen LogP contribution in [0.3, 0.4) is 0 Å². The molecule has 1 atom stereocenters. The Bertz CT molecular complexity index is 418. The van der Waals surface area contributed by atoms with Crippen LogP contribution in [0.1, 0.15) is 30.9 Å². The van der Waals surface area contributed by atoms with E-state index in [0.717, 1.165) is 17.5 Å². The molecule has 0 heterocycles. The van der Waals surface area contributed by atoms with Crippen LogP contribution in [-0.4, -0.2) is 29.3 Å². The summed E-state index contributed by atoms with van der Waals surface area (Å²) in [6.07, 6.45) is 1.91. The summed E-state index contributed by atoms with van der Waals surface area (Å²) in [5.41, 5.74) is 1.61. The molecule has 4 heteroatoms. The minimum absolute atomic E-state index is 0.0559. The van der Waals surface area contributed by atoms with Crippen molar-refractivity contribution in [2.45, 2.75) is 33.1 Å². The van der Waals surface area contributed by atoms with Gasteiger partial charge in [0.25, 0.3) is 0 Å². The summed E-state index contributed by atoms with van der Waals surface area (Å²) >= 11 is 0. The fraction of sp³-hybridized carbons (Fsp3) is 0.533. The smallest absolute Gasteiger partial charge is 0.224 e. The number of aliphatic hydroxyl groups excluding tert-OH is 1. The molecule has 19 heavy (non-hydrogen) atoms. The zero-order chi connectivity index (χ0) is 14.3. The van der Waals surface area contributed by atoms with Crippen molar-refractivity contribution in [1.29, 1.82) is 0 Å². The van der Waals surface area contributed by atoms with Crippen LogP contribution in [0.5, 0.6) is 5.75 Å². The van der Waals surface area contributed by atoms with Gasteiger partial charge in [0.1, 0.15) is 5.75 Å². The highest BCUT2D eigenvalue weighted by molar-refractivity contribution is 5.78. The highest BCUT2D eigenvalue weighted by Gasteiger charge is 2.09. The zero-order valence-corrected chi connectivity index (χ0v) is 11.6. The molecular weight excluding hydrogens is 242 g/mol. The zero-order valence-electron chi connectivity index (χ0n) is 11.6. The second kappa shape index (κ2) is 7.79. The quantitative estimate of drug-likeness (QED) is 0.703. The lowest BCUT2D eigenvalue weighted by Gasteiger charge is -2.14. The maximum Gasteiger partial charge on any atom is 0.224 e. The van der Waals surface area contributed by atoms with Gasteiger partial charge >= 0.3 is 0 Å². The molecule has 1 aromatic rings. The second-order valence-corrected chi connectivity index (χ2v) is 4.89. The van der Waals surface area contributed by atoms with Gasteiger partial charge in [-0.15, -0.1) is 0 Å². The van der Waals surface area contributed by atoms with Crippen molar-refractivity contribution >= 4 is 5.91 Å². The van der Waals surface area contributed by atoms with Crippen LogP contribution in [0.15, 0.2) is 18.2 Å². The molecule has 1 amide bonds. The Hall–Kier alpha value is -1.55. The SMILES string of the molecule is CCC(CCO)CNC(=O)Cc1ccc(C)c(O)c1. The van der Waals surface area contributed by atoms with E-state index in [9.17, 15) is 9.90 Å². The van der Waals surface area contributed by atoms with Crippen molar-refractivity contribution in [3.8, 4) is 5.75 Å². The first kappa shape index (κ1) is 15.5. The number of rotatable bonds is 7. The number of phenols is 1. The minimum Gasteiger partial charge on any atom is -0.508 e. The van der Waals surface area contributed by atoms with E-state index in [0.29, 0.717) is 18.9 Å². The lowest BCUT2D eigenvalue weighted by Crippen LogP contribution is -2.30. The fourth-order valence-corrected chi connectivity index (χ4v) is 1.90. The van der Waals surface area contributed by atoms with Gasteiger partial charge in [-0.2, -0.15) is 0 Å². The molecule has 0 aliphatic heterocycles. The van der Waals surface area contributed by atoms with Crippen LogP contribution in [-0.2, 0) is 11.2 Å². The third kappa shape index (κ3) is 5.30. The number of carbonyl (C=O) groups excluding carboxylic acids is 1. The van der Waals surface area contributed by atoms with Crippen LogP contribution >= 0.6 is 0 Å². The number of aromatic hydroxyl groups is 1. The number of phenolic OH excluding ortho intramolecular Hbond substituents is 1. The summed E-state index contributed by atoms with van der Waals surface area (Å²) in [6.45, 7) is 4.61. The molecule has 0 saturated heterocycles. The number of nitrogens with one attached hydrogen (secondary N) is 1. The highest BCUT2D eigenvalue weighted by Crippen LogP contribution is 2.17. The van der Waals surface area contributed by atoms with Crippen LogP contribution in [0.2, 0.25) is 0 Å². The number of benzene rings is 1. The third-order valence-corrected chi connectivity index (χ3v) is 3.34. The summed E-state index contributed by atoms with van der Waals surface area (Å²) in [4.78, 5) is 11.8. The lowest BCUT2D eigenvalue weighted by molar-refractivity contribution is -0.120. The lowest BCUT2D eigenvalue weighted by atomic mass is 10.0. The molecular formula is C15H23NO3. The van der Waals surface area contributed by atoms with Gasteiger partial charge in [0.2, 0.25) is 5.91 Å². The molecule has 0 aliphatic rings. The maximum absolute atomic E-state index is 11.8. The predicted octanol–water partition coefficient (Wildman–Crippen LogP) is 1.77. The average molecular weight is 265 g/mol. The third-order valence-electron chi connectivity index (χ3n) is 3.34. The van der Waals surface area contributed by atoms with Gasteiger partial charge in [0.15, 0.2) is 0 Å². The molecule has 0 aliphatic carbocycles. The Morgan fingerprint density at radius 1 is 1.42 bits per heavy atom. The second-order valence-electron chi connectivity index (χ2n) is 4.89. The Morgan fingerprint density at radius 2 is 2.16 bits per heavy atom. The Morgan fingerprint density at radius 3 is 2.74 bits per heavy atom. The van der Waals surface area contributed by atoms with Crippen LogP contribution in [0.4, 0.5) is 0 Å². The molecule has 1 aromatic carbocycles. The van der Waals surface area contributed by atoms with E-state index in [1.165, 1.54) is 0 Å². The summed E-state index contributed by atoms with van der Waals surface area (Å²) in [5, 5.41) is 21.3. The van der Waals surface area contributed by atoms with Gasteiger partial charge < -0.3 is 15.5 Å². The van der Waals surface area contributed by atoms with Crippen molar-refractivity contribution in [1.82, 2.24) is 5.32 Å². The average Bonchev–Trinajstić information content (AvgIpc) is 2.39. The number of aryl methyl sites for hydroxylation is 1. The molecule has 0 saturated carbocycles. The molecule has 0 radical (unpaired) electrons. The van der Waals surface area contributed by atoms with E-state index in [4.69, 9.17) is 5.11 Å². The monoisotopic (exact) mass is 265 g/mol. The van der Waals surface area contributed by atoms with Gasteiger partial charge in [-0.1, -0.05) is 25.5 Å². The van der Waals surface area contributed by atoms with Crippen LogP contribution in [0.25, 0.3) is 0 Å². The molecule has 0 bridgehead atoms. The molecule has 4 nitrogen and oxygen atoms in total. The number of hydrogen-bond acceptors (Lipinski definition) is 3. The number of carbonyl (C=O) groups is 1. The summed E-state index contributed by atoms with van der Waals surface area (Å²) < 4.78 is 0. The topological polar surface area (TPSA) is 69.6 Å². The fourth-order valence-electron chi connectivity index (χ4n) is 1.90. The number of amides is 1. The molecule has 106 valence electrons. The van der Waals surface area contributed by atoms with E-state index in [2.05, 4.69) is 5.32 Å². The Labute approximate surface area is 114 Å². The first-order chi connectivity index (χ1) is 9.06. The van der Waals surface area contributed by atoms with Gasteiger partial charge in [0, 0.05) is 13.2 Å². The molecule has 1 rings (SSSR count). The normalized spacial score (nSPS) is 12.2. The standard InChI is InChI=1S/C15H23NO3/c1-3-12(6-7-17)10-16-15(19)9-13-5-4-11(2)14(18)8-13/h4-5,8,12,17-18H,3,6-7,9-10H2,1-2H3,(H,16,19). The van der Waals surface area contributed by atoms with Crippen LogP contribution in [0, 0.1) is 12.8 Å². The van der Waals surface area contributed by atoms with Crippen molar-refractivity contribution < 1.29 is 15.0 Å². The van der Waals surface area contributed by atoms with Gasteiger partial charge in [0.05, 0.1) is 6.42 Å². The molecule has 1 unspecified atom stereocenters. The minimum atomic E-state index is -0.0559. The molecule has 0 spiro atoms. The summed E-state index contributed by atoms with van der Waals surface area (Å²) in [6, 6.07) is 5.28. The van der Waals surface area contributed by atoms with E-state index in [-0.39, 0.29) is 24.7 Å². The van der Waals surface area contributed by atoms with Crippen molar-refractivity contribution in [2.24, 2.45) is 5.92 Å². The molecule has 3 N–H and O–H groups in total. The van der Waals surface area contributed by atoms with E-state index in [1.54, 1.807) is 12.1 Å². The predicted molar refractivity (Wildman–Crippen MR) is 75.0 cm³/mol. The van der Waals surface area contributed by atoms with Gasteiger partial charge in [-0.3, -0.25) is 4.79 Å².